The molecule has 33 heavy (non-hydrogen) atoms. The number of thiophene rings is 1. The van der Waals surface area contributed by atoms with Crippen molar-refractivity contribution in [3.05, 3.63) is 64.5 Å². The van der Waals surface area contributed by atoms with Crippen molar-refractivity contribution in [3.63, 3.8) is 0 Å². The van der Waals surface area contributed by atoms with Gasteiger partial charge in [0.15, 0.2) is 0 Å². The van der Waals surface area contributed by atoms with E-state index in [4.69, 9.17) is 16.2 Å². The zero-order chi connectivity index (χ0) is 23.7. The summed E-state index contributed by atoms with van der Waals surface area (Å²) in [7, 11) is 1.56. The summed E-state index contributed by atoms with van der Waals surface area (Å²) in [5, 5.41) is 13.2. The molecule has 0 spiro atoms. The number of carbonyl (C=O) groups is 1. The summed E-state index contributed by atoms with van der Waals surface area (Å²) >= 11 is 1.14. The molecule has 1 amide bonds. The first-order valence-electron chi connectivity index (χ1n) is 10.3. The predicted octanol–water partition coefficient (Wildman–Crippen LogP) is 5.38. The third-order valence-electron chi connectivity index (χ3n) is 5.42. The molecule has 0 atom stereocenters. The molecule has 166 valence electrons. The van der Waals surface area contributed by atoms with Gasteiger partial charge in [0.1, 0.15) is 32.9 Å². The Morgan fingerprint density at radius 3 is 2.55 bits per heavy atom. The Morgan fingerprint density at radius 1 is 1.18 bits per heavy atom. The van der Waals surface area contributed by atoms with E-state index in [-0.39, 0.29) is 23.0 Å². The molecule has 0 aliphatic heterocycles. The van der Waals surface area contributed by atoms with Crippen LogP contribution in [0.4, 0.5) is 17.2 Å². The first kappa shape index (κ1) is 22.1. The smallest absolute Gasteiger partial charge is 0.267 e. The van der Waals surface area contributed by atoms with Gasteiger partial charge in [0, 0.05) is 22.7 Å². The Balaban J connectivity index is 1.85. The lowest BCUT2D eigenvalue weighted by atomic mass is 9.94. The van der Waals surface area contributed by atoms with Crippen LogP contribution >= 0.6 is 11.3 Å². The number of amides is 1. The molecule has 2 aromatic carbocycles. The van der Waals surface area contributed by atoms with Crippen molar-refractivity contribution in [2.24, 2.45) is 0 Å². The number of carbonyl (C=O) groups excluding carboxylic acids is 1. The van der Waals surface area contributed by atoms with Crippen LogP contribution < -0.4 is 21.5 Å². The van der Waals surface area contributed by atoms with Gasteiger partial charge in [-0.2, -0.15) is 5.26 Å². The number of benzene rings is 2. The van der Waals surface area contributed by atoms with Crippen molar-refractivity contribution in [2.45, 2.75) is 19.8 Å². The highest BCUT2D eigenvalue weighted by molar-refractivity contribution is 7.21. The number of hydrogen-bond acceptors (Lipinski definition) is 7. The fourth-order valence-electron chi connectivity index (χ4n) is 3.66. The van der Waals surface area contributed by atoms with Crippen LogP contribution in [0.25, 0.3) is 21.3 Å². The van der Waals surface area contributed by atoms with Crippen LogP contribution in [-0.4, -0.2) is 18.0 Å². The van der Waals surface area contributed by atoms with Gasteiger partial charge in [-0.15, -0.1) is 11.3 Å². The molecule has 0 aliphatic carbocycles. The second kappa shape index (κ2) is 8.81. The van der Waals surface area contributed by atoms with Gasteiger partial charge in [-0.25, -0.2) is 4.98 Å². The second-order valence-electron chi connectivity index (χ2n) is 7.85. The van der Waals surface area contributed by atoms with Crippen molar-refractivity contribution in [2.75, 3.05) is 23.9 Å². The molecule has 2 aromatic heterocycles. The molecule has 0 saturated carbocycles. The van der Waals surface area contributed by atoms with Gasteiger partial charge in [-0.3, -0.25) is 4.79 Å². The summed E-state index contributed by atoms with van der Waals surface area (Å²) in [6.45, 7) is 4.23. The summed E-state index contributed by atoms with van der Waals surface area (Å²) in [5.74, 6) is 0.725. The van der Waals surface area contributed by atoms with E-state index in [9.17, 15) is 10.1 Å². The number of nitriles is 1. The topological polar surface area (TPSA) is 127 Å². The number of fused-ring (bicyclic) bond motifs is 1. The van der Waals surface area contributed by atoms with E-state index in [2.05, 4.69) is 30.2 Å². The number of nitrogen functional groups attached to an aromatic ring is 2. The molecule has 2 heterocycles. The molecule has 0 saturated heterocycles. The van der Waals surface area contributed by atoms with E-state index < -0.39 is 0 Å². The Hall–Kier alpha value is -4.09. The van der Waals surface area contributed by atoms with Gasteiger partial charge in [0.2, 0.25) is 0 Å². The monoisotopic (exact) mass is 457 g/mol. The molecule has 5 N–H and O–H groups in total. The summed E-state index contributed by atoms with van der Waals surface area (Å²) in [5.41, 5.74) is 16.2. The number of ether oxygens (including phenoxy) is 1. The minimum atomic E-state index is -0.373. The van der Waals surface area contributed by atoms with Crippen molar-refractivity contribution in [3.8, 4) is 22.9 Å². The summed E-state index contributed by atoms with van der Waals surface area (Å²) in [4.78, 5) is 18.2. The first-order valence-corrected chi connectivity index (χ1v) is 11.1. The molecule has 4 rings (SSSR count). The lowest BCUT2D eigenvalue weighted by Gasteiger charge is -2.11. The molecule has 4 aromatic rings. The van der Waals surface area contributed by atoms with Gasteiger partial charge in [-0.05, 0) is 29.2 Å². The minimum absolute atomic E-state index is 0.106. The van der Waals surface area contributed by atoms with Crippen LogP contribution in [0.1, 0.15) is 40.6 Å². The van der Waals surface area contributed by atoms with Gasteiger partial charge >= 0.3 is 0 Å². The third-order valence-corrected chi connectivity index (χ3v) is 6.51. The number of nitrogens with zero attached hydrogens (tertiary/aromatic N) is 2. The Kier molecular flexibility index (Phi) is 5.90. The number of aromatic nitrogens is 1. The van der Waals surface area contributed by atoms with Crippen molar-refractivity contribution < 1.29 is 9.53 Å². The summed E-state index contributed by atoms with van der Waals surface area (Å²) in [6, 6.07) is 17.1. The number of methoxy groups -OCH3 is 1. The minimum Gasteiger partial charge on any atom is -0.497 e. The fraction of sp³-hybridized carbons (Fsp3) is 0.160. The molecule has 0 radical (unpaired) electrons. The summed E-state index contributed by atoms with van der Waals surface area (Å²) < 4.78 is 5.21. The average Bonchev–Trinajstić information content (AvgIpc) is 3.14. The zero-order valence-corrected chi connectivity index (χ0v) is 19.3. The number of nitrogens with two attached hydrogens (primary N) is 2. The molecule has 0 fully saturated rings. The Bertz CT molecular complexity index is 1400. The standard InChI is InChI=1S/C25H23N5O2S/c1-13(2)14-7-9-15(10-8-14)19-18(12-26)23(28)30-25-20(19)21(27)22(33-25)24(31)29-16-5-4-6-17(11-16)32-3/h4-11,13H,27H2,1-3H3,(H2,28,30)(H,29,31). The fourth-order valence-corrected chi connectivity index (χ4v) is 4.67. The highest BCUT2D eigenvalue weighted by atomic mass is 32.1. The largest absolute Gasteiger partial charge is 0.497 e. The second-order valence-corrected chi connectivity index (χ2v) is 8.85. The van der Waals surface area contributed by atoms with Crippen LogP contribution in [0, 0.1) is 11.3 Å². The highest BCUT2D eigenvalue weighted by Crippen LogP contribution is 2.43. The summed E-state index contributed by atoms with van der Waals surface area (Å²) in [6.07, 6.45) is 0. The van der Waals surface area contributed by atoms with Crippen LogP contribution in [0.3, 0.4) is 0 Å². The molecular weight excluding hydrogens is 434 g/mol. The van der Waals surface area contributed by atoms with E-state index in [1.807, 2.05) is 24.3 Å². The molecule has 0 unspecified atom stereocenters. The molecular formula is C25H23N5O2S. The number of anilines is 3. The number of nitrogens with one attached hydrogen (secondary N) is 1. The van der Waals surface area contributed by atoms with Crippen LogP contribution in [0.2, 0.25) is 0 Å². The van der Waals surface area contributed by atoms with E-state index in [0.29, 0.717) is 38.0 Å². The zero-order valence-electron chi connectivity index (χ0n) is 18.5. The number of pyridine rings is 1. The maximum atomic E-state index is 13.1. The van der Waals surface area contributed by atoms with Gasteiger partial charge in [-0.1, -0.05) is 44.2 Å². The molecule has 8 heteroatoms. The van der Waals surface area contributed by atoms with Crippen LogP contribution in [-0.2, 0) is 0 Å². The van der Waals surface area contributed by atoms with Gasteiger partial charge in [0.05, 0.1) is 12.8 Å². The molecule has 7 nitrogen and oxygen atoms in total. The van der Waals surface area contributed by atoms with Crippen molar-refractivity contribution in [1.29, 1.82) is 5.26 Å². The first-order chi connectivity index (χ1) is 15.8. The maximum Gasteiger partial charge on any atom is 0.267 e. The van der Waals surface area contributed by atoms with Gasteiger partial charge < -0.3 is 21.5 Å². The number of hydrogen-bond donors (Lipinski definition) is 3. The van der Waals surface area contributed by atoms with E-state index in [1.165, 1.54) is 5.56 Å². The Labute approximate surface area is 195 Å². The number of rotatable bonds is 5. The van der Waals surface area contributed by atoms with E-state index in [1.54, 1.807) is 31.4 Å². The van der Waals surface area contributed by atoms with E-state index in [0.717, 1.165) is 16.9 Å². The van der Waals surface area contributed by atoms with Crippen LogP contribution in [0.5, 0.6) is 5.75 Å². The Morgan fingerprint density at radius 2 is 1.91 bits per heavy atom. The lowest BCUT2D eigenvalue weighted by molar-refractivity contribution is 0.103. The molecule has 0 bridgehead atoms. The quantitative estimate of drug-likeness (QED) is 0.369. The average molecular weight is 458 g/mol. The normalized spacial score (nSPS) is 10.9. The van der Waals surface area contributed by atoms with Crippen molar-refractivity contribution >= 4 is 44.7 Å². The molecule has 0 aliphatic rings. The highest BCUT2D eigenvalue weighted by Gasteiger charge is 2.24. The lowest BCUT2D eigenvalue weighted by Crippen LogP contribution is -2.12. The maximum absolute atomic E-state index is 13.1. The predicted molar refractivity (Wildman–Crippen MR) is 134 cm³/mol. The third kappa shape index (κ3) is 4.06. The van der Waals surface area contributed by atoms with Crippen molar-refractivity contribution in [1.82, 2.24) is 4.98 Å². The van der Waals surface area contributed by atoms with E-state index >= 15 is 0 Å². The van der Waals surface area contributed by atoms with Gasteiger partial charge in [0.25, 0.3) is 5.91 Å². The van der Waals surface area contributed by atoms with Crippen LogP contribution in [0.15, 0.2) is 48.5 Å². The SMILES string of the molecule is COc1cccc(NC(=O)c2sc3nc(N)c(C#N)c(-c4ccc(C(C)C)cc4)c3c2N)c1.